The van der Waals surface area contributed by atoms with E-state index in [4.69, 9.17) is 5.11 Å². The second-order valence-electron chi connectivity index (χ2n) is 3.68. The molecule has 3 nitrogen and oxygen atoms in total. The Morgan fingerprint density at radius 3 is 2.54 bits per heavy atom. The van der Waals surface area contributed by atoms with Gasteiger partial charge in [-0.15, -0.1) is 0 Å². The van der Waals surface area contributed by atoms with Gasteiger partial charge in [-0.1, -0.05) is 12.8 Å². The van der Waals surface area contributed by atoms with Crippen LogP contribution < -0.4 is 0 Å². The molecule has 0 saturated heterocycles. The topological polar surface area (TPSA) is 54.4 Å². The summed E-state index contributed by atoms with van der Waals surface area (Å²) >= 11 is 0. The molecule has 2 unspecified atom stereocenters. The molecule has 1 aliphatic rings. The smallest absolute Gasteiger partial charge is 0.318 e. The average molecular weight is 204 g/mol. The van der Waals surface area contributed by atoms with E-state index in [2.05, 4.69) is 0 Å². The molecule has 0 aliphatic heterocycles. The fourth-order valence-corrected chi connectivity index (χ4v) is 2.98. The highest BCUT2D eigenvalue weighted by molar-refractivity contribution is 7.86. The molecule has 0 heterocycles. The van der Waals surface area contributed by atoms with E-state index in [0.717, 1.165) is 12.8 Å². The number of carboxylic acids is 1. The number of aliphatic carboxylic acids is 1. The summed E-state index contributed by atoms with van der Waals surface area (Å²) in [5, 5.41) is 7.93. The lowest BCUT2D eigenvalue weighted by molar-refractivity contribution is -0.136. The average Bonchev–Trinajstić information content (AvgIpc) is 2.55. The van der Waals surface area contributed by atoms with Crippen molar-refractivity contribution in [1.82, 2.24) is 0 Å². The number of carbonyl (C=O) groups is 1. The Morgan fingerprint density at radius 2 is 2.08 bits per heavy atom. The molecule has 0 radical (unpaired) electrons. The highest BCUT2D eigenvalue weighted by Crippen LogP contribution is 2.25. The minimum atomic E-state index is -1.18. The summed E-state index contributed by atoms with van der Waals surface area (Å²) in [5.41, 5.74) is 0. The van der Waals surface area contributed by atoms with Gasteiger partial charge in [0.05, 0.1) is 0 Å². The second kappa shape index (κ2) is 4.74. The van der Waals surface area contributed by atoms with E-state index >= 15 is 0 Å². The number of rotatable bonds is 4. The van der Waals surface area contributed by atoms with Crippen LogP contribution in [0.1, 0.15) is 32.6 Å². The van der Waals surface area contributed by atoms with Crippen LogP contribution in [0.2, 0.25) is 0 Å². The standard InChI is InChI=1S/C9H16O3S/c1-7(9(10)11)13(12)6-8-4-2-3-5-8/h7-8H,2-6H2,1H3,(H,10,11). The maximum Gasteiger partial charge on any atom is 0.318 e. The zero-order chi connectivity index (χ0) is 9.84. The van der Waals surface area contributed by atoms with Crippen LogP contribution in [-0.4, -0.2) is 26.3 Å². The summed E-state index contributed by atoms with van der Waals surface area (Å²) in [5.74, 6) is 0.131. The SMILES string of the molecule is CC(C(=O)O)S(=O)CC1CCCC1. The molecule has 0 bridgehead atoms. The van der Waals surface area contributed by atoms with E-state index in [-0.39, 0.29) is 0 Å². The zero-order valence-corrected chi connectivity index (χ0v) is 8.68. The molecule has 1 N–H and O–H groups in total. The third kappa shape index (κ3) is 3.10. The van der Waals surface area contributed by atoms with E-state index < -0.39 is 22.0 Å². The number of hydrogen-bond donors (Lipinski definition) is 1. The third-order valence-electron chi connectivity index (χ3n) is 2.62. The Morgan fingerprint density at radius 1 is 1.54 bits per heavy atom. The molecule has 0 aromatic rings. The molecule has 1 fully saturated rings. The molecular weight excluding hydrogens is 188 g/mol. The lowest BCUT2D eigenvalue weighted by atomic mass is 10.1. The van der Waals surface area contributed by atoms with E-state index in [9.17, 15) is 9.00 Å². The van der Waals surface area contributed by atoms with Crippen molar-refractivity contribution in [2.24, 2.45) is 5.92 Å². The molecule has 1 rings (SSSR count). The second-order valence-corrected chi connectivity index (χ2v) is 5.48. The van der Waals surface area contributed by atoms with Crippen LogP contribution in [0.3, 0.4) is 0 Å². The molecular formula is C9H16O3S. The van der Waals surface area contributed by atoms with Gasteiger partial charge >= 0.3 is 5.97 Å². The predicted molar refractivity (Wildman–Crippen MR) is 52.1 cm³/mol. The first-order valence-electron chi connectivity index (χ1n) is 4.71. The summed E-state index contributed by atoms with van der Waals surface area (Å²) in [4.78, 5) is 10.5. The normalized spacial score (nSPS) is 22.8. The summed E-state index contributed by atoms with van der Waals surface area (Å²) in [6.07, 6.45) is 4.67. The molecule has 1 aliphatic carbocycles. The molecule has 0 aromatic carbocycles. The Kier molecular flexibility index (Phi) is 3.90. The van der Waals surface area contributed by atoms with Crippen LogP contribution >= 0.6 is 0 Å². The van der Waals surface area contributed by atoms with Crippen molar-refractivity contribution in [2.75, 3.05) is 5.75 Å². The monoisotopic (exact) mass is 204 g/mol. The van der Waals surface area contributed by atoms with Crippen LogP contribution in [0.5, 0.6) is 0 Å². The van der Waals surface area contributed by atoms with Gasteiger partial charge in [-0.25, -0.2) is 0 Å². The summed E-state index contributed by atoms with van der Waals surface area (Å²) in [6.45, 7) is 1.52. The van der Waals surface area contributed by atoms with Gasteiger partial charge in [0.2, 0.25) is 0 Å². The Bertz CT molecular complexity index is 209. The fraction of sp³-hybridized carbons (Fsp3) is 0.889. The van der Waals surface area contributed by atoms with Gasteiger partial charge in [0.25, 0.3) is 0 Å². The molecule has 0 aromatic heterocycles. The van der Waals surface area contributed by atoms with Gasteiger partial charge in [0, 0.05) is 16.6 Å². The van der Waals surface area contributed by atoms with Crippen LogP contribution in [0.25, 0.3) is 0 Å². The molecule has 0 spiro atoms. The minimum absolute atomic E-state index is 0.502. The Labute approximate surface area is 81.0 Å². The summed E-state index contributed by atoms with van der Waals surface area (Å²) in [7, 11) is -1.18. The van der Waals surface area contributed by atoms with Crippen molar-refractivity contribution >= 4 is 16.8 Å². The van der Waals surface area contributed by atoms with Gasteiger partial charge in [-0.2, -0.15) is 0 Å². The first-order valence-corrected chi connectivity index (χ1v) is 6.09. The lowest BCUT2D eigenvalue weighted by Crippen LogP contribution is -2.25. The molecule has 76 valence electrons. The fourth-order valence-electron chi connectivity index (χ4n) is 1.67. The first-order chi connectivity index (χ1) is 6.11. The molecule has 0 amide bonds. The lowest BCUT2D eigenvalue weighted by Gasteiger charge is -2.10. The van der Waals surface area contributed by atoms with E-state index in [1.807, 2.05) is 0 Å². The van der Waals surface area contributed by atoms with Gasteiger partial charge in [0.1, 0.15) is 5.25 Å². The van der Waals surface area contributed by atoms with E-state index in [0.29, 0.717) is 11.7 Å². The van der Waals surface area contributed by atoms with Crippen molar-refractivity contribution in [1.29, 1.82) is 0 Å². The molecule has 2 atom stereocenters. The largest absolute Gasteiger partial charge is 0.480 e. The maximum absolute atomic E-state index is 11.5. The minimum Gasteiger partial charge on any atom is -0.480 e. The van der Waals surface area contributed by atoms with Crippen molar-refractivity contribution in [3.8, 4) is 0 Å². The van der Waals surface area contributed by atoms with Crippen LogP contribution in [0, 0.1) is 5.92 Å². The number of hydrogen-bond acceptors (Lipinski definition) is 2. The van der Waals surface area contributed by atoms with Crippen LogP contribution in [0.4, 0.5) is 0 Å². The van der Waals surface area contributed by atoms with Crippen LogP contribution in [0.15, 0.2) is 0 Å². The van der Waals surface area contributed by atoms with Gasteiger partial charge in [0.15, 0.2) is 0 Å². The maximum atomic E-state index is 11.5. The summed E-state index contributed by atoms with van der Waals surface area (Å²) in [6, 6.07) is 0. The molecule has 1 saturated carbocycles. The van der Waals surface area contributed by atoms with Gasteiger partial charge in [-0.05, 0) is 25.7 Å². The Hall–Kier alpha value is -0.380. The highest BCUT2D eigenvalue weighted by atomic mass is 32.2. The quantitative estimate of drug-likeness (QED) is 0.753. The highest BCUT2D eigenvalue weighted by Gasteiger charge is 2.24. The van der Waals surface area contributed by atoms with E-state index in [1.165, 1.54) is 19.8 Å². The van der Waals surface area contributed by atoms with Crippen molar-refractivity contribution in [3.63, 3.8) is 0 Å². The zero-order valence-electron chi connectivity index (χ0n) is 7.86. The van der Waals surface area contributed by atoms with Crippen LogP contribution in [-0.2, 0) is 15.6 Å². The van der Waals surface area contributed by atoms with Crippen molar-refractivity contribution in [3.05, 3.63) is 0 Å². The third-order valence-corrected chi connectivity index (χ3v) is 4.41. The Balaban J connectivity index is 2.35. The molecule has 13 heavy (non-hydrogen) atoms. The first kappa shape index (κ1) is 10.7. The molecule has 4 heteroatoms. The van der Waals surface area contributed by atoms with Gasteiger partial charge in [-0.3, -0.25) is 9.00 Å². The van der Waals surface area contributed by atoms with E-state index in [1.54, 1.807) is 0 Å². The number of carboxylic acid groups (broad SMARTS) is 1. The summed E-state index contributed by atoms with van der Waals surface area (Å²) < 4.78 is 11.5. The van der Waals surface area contributed by atoms with Gasteiger partial charge < -0.3 is 5.11 Å². The predicted octanol–water partition coefficient (Wildman–Crippen LogP) is 1.40. The van der Waals surface area contributed by atoms with Crippen molar-refractivity contribution < 1.29 is 14.1 Å². The van der Waals surface area contributed by atoms with Crippen molar-refractivity contribution in [2.45, 2.75) is 37.9 Å².